The van der Waals surface area contributed by atoms with Gasteiger partial charge in [-0.15, -0.1) is 0 Å². The van der Waals surface area contributed by atoms with Crippen LogP contribution >= 0.6 is 0 Å². The van der Waals surface area contributed by atoms with Crippen LogP contribution in [0.5, 0.6) is 0 Å². The Balaban J connectivity index is 3.27. The molecular formula is C16H23NO11. The molecule has 1 saturated heterocycles. The van der Waals surface area contributed by atoms with Crippen LogP contribution in [0, 0.1) is 0 Å². The van der Waals surface area contributed by atoms with Gasteiger partial charge in [0.1, 0.15) is 12.7 Å². The van der Waals surface area contributed by atoms with Gasteiger partial charge in [-0.25, -0.2) is 5.48 Å². The normalized spacial score (nSPS) is 26.5. The van der Waals surface area contributed by atoms with Crippen LogP contribution in [0.15, 0.2) is 0 Å². The van der Waals surface area contributed by atoms with E-state index in [1.165, 1.54) is 0 Å². The molecule has 0 aromatic heterocycles. The maximum absolute atomic E-state index is 11.6. The number of esters is 4. The van der Waals surface area contributed by atoms with Gasteiger partial charge in [0.15, 0.2) is 18.3 Å². The Labute approximate surface area is 160 Å². The van der Waals surface area contributed by atoms with Crippen molar-refractivity contribution in [3.05, 3.63) is 0 Å². The molecule has 0 aromatic rings. The third kappa shape index (κ3) is 7.48. The minimum absolute atomic E-state index is 0.393. The fourth-order valence-electron chi connectivity index (χ4n) is 2.41. The Morgan fingerprint density at radius 2 is 1.29 bits per heavy atom. The molecule has 0 aliphatic carbocycles. The standard InChI is InChI=1S/C16H23NO11/c1-7(18)17-28-15-14(25-10(4)21)13(24-9(3)20)12(6-23-8(2)19)27-16(15)26-11(5)22/h12-16H,6H2,1-5H3,(H,17,18)/t12-,13+,14+,15-,16?/m1/s1. The molecule has 1 heterocycles. The summed E-state index contributed by atoms with van der Waals surface area (Å²) in [6, 6.07) is 0. The molecule has 1 unspecified atom stereocenters. The Morgan fingerprint density at radius 1 is 0.750 bits per heavy atom. The molecule has 1 fully saturated rings. The summed E-state index contributed by atoms with van der Waals surface area (Å²) >= 11 is 0. The SMILES string of the molecule is CC(=O)NO[C@H]1C(OC(C)=O)O[C@H](COC(C)=O)[C@H](OC(C)=O)[C@@H]1OC(C)=O. The number of hydroxylamine groups is 1. The van der Waals surface area contributed by atoms with E-state index in [0.717, 1.165) is 34.6 Å². The zero-order valence-corrected chi connectivity index (χ0v) is 16.1. The monoisotopic (exact) mass is 405 g/mol. The minimum Gasteiger partial charge on any atom is -0.463 e. The number of carbonyl (C=O) groups excluding carboxylic acids is 5. The molecule has 0 spiro atoms. The molecule has 1 amide bonds. The Hall–Kier alpha value is -2.73. The highest BCUT2D eigenvalue weighted by Crippen LogP contribution is 2.29. The molecule has 1 aliphatic rings. The highest BCUT2D eigenvalue weighted by atomic mass is 16.8. The Bertz CT molecular complexity index is 620. The van der Waals surface area contributed by atoms with Crippen LogP contribution in [0.2, 0.25) is 0 Å². The molecule has 5 atom stereocenters. The van der Waals surface area contributed by atoms with Gasteiger partial charge in [-0.2, -0.15) is 0 Å². The number of hydrogen-bond acceptors (Lipinski definition) is 11. The van der Waals surface area contributed by atoms with E-state index in [0.29, 0.717) is 0 Å². The molecule has 0 radical (unpaired) electrons. The summed E-state index contributed by atoms with van der Waals surface area (Å²) in [5.41, 5.74) is 2.03. The van der Waals surface area contributed by atoms with Gasteiger partial charge in [0.2, 0.25) is 12.2 Å². The van der Waals surface area contributed by atoms with E-state index in [2.05, 4.69) is 0 Å². The summed E-state index contributed by atoms with van der Waals surface area (Å²) in [5, 5.41) is 0. The van der Waals surface area contributed by atoms with Gasteiger partial charge in [-0.05, 0) is 0 Å². The van der Waals surface area contributed by atoms with Gasteiger partial charge < -0.3 is 23.7 Å². The van der Waals surface area contributed by atoms with Crippen LogP contribution in [0.1, 0.15) is 34.6 Å². The van der Waals surface area contributed by atoms with E-state index in [1.54, 1.807) is 0 Å². The number of nitrogens with one attached hydrogen (secondary N) is 1. The lowest BCUT2D eigenvalue weighted by atomic mass is 9.98. The van der Waals surface area contributed by atoms with Crippen molar-refractivity contribution in [2.45, 2.75) is 65.3 Å². The fourth-order valence-corrected chi connectivity index (χ4v) is 2.41. The van der Waals surface area contributed by atoms with Crippen molar-refractivity contribution in [3.8, 4) is 0 Å². The number of amides is 1. The first-order chi connectivity index (χ1) is 13.0. The molecule has 12 nitrogen and oxygen atoms in total. The third-order valence-electron chi connectivity index (χ3n) is 3.27. The smallest absolute Gasteiger partial charge is 0.305 e. The predicted molar refractivity (Wildman–Crippen MR) is 86.9 cm³/mol. The van der Waals surface area contributed by atoms with Gasteiger partial charge in [-0.3, -0.25) is 28.8 Å². The fraction of sp³-hybridized carbons (Fsp3) is 0.688. The topological polar surface area (TPSA) is 153 Å². The van der Waals surface area contributed by atoms with Crippen LogP contribution in [-0.2, 0) is 52.5 Å². The summed E-state index contributed by atoms with van der Waals surface area (Å²) in [6.07, 6.45) is -6.65. The molecule has 28 heavy (non-hydrogen) atoms. The highest BCUT2D eigenvalue weighted by Gasteiger charge is 2.53. The zero-order chi connectivity index (χ0) is 21.4. The second-order valence-corrected chi connectivity index (χ2v) is 5.84. The average molecular weight is 405 g/mol. The quantitative estimate of drug-likeness (QED) is 0.320. The van der Waals surface area contributed by atoms with Crippen molar-refractivity contribution < 1.29 is 52.5 Å². The lowest BCUT2D eigenvalue weighted by Gasteiger charge is -2.43. The molecule has 158 valence electrons. The predicted octanol–water partition coefficient (Wildman–Crippen LogP) is -0.863. The van der Waals surface area contributed by atoms with Crippen LogP contribution < -0.4 is 5.48 Å². The van der Waals surface area contributed by atoms with Gasteiger partial charge in [0.25, 0.3) is 0 Å². The van der Waals surface area contributed by atoms with E-state index in [9.17, 15) is 24.0 Å². The summed E-state index contributed by atoms with van der Waals surface area (Å²) in [5.74, 6) is -3.53. The van der Waals surface area contributed by atoms with Gasteiger partial charge in [0.05, 0.1) is 0 Å². The molecule has 1 N–H and O–H groups in total. The van der Waals surface area contributed by atoms with Crippen molar-refractivity contribution in [2.24, 2.45) is 0 Å². The third-order valence-corrected chi connectivity index (χ3v) is 3.27. The van der Waals surface area contributed by atoms with E-state index in [4.69, 9.17) is 28.5 Å². The van der Waals surface area contributed by atoms with Crippen LogP contribution in [0.4, 0.5) is 0 Å². The minimum atomic E-state index is -1.47. The Morgan fingerprint density at radius 3 is 1.75 bits per heavy atom. The lowest BCUT2D eigenvalue weighted by molar-refractivity contribution is -0.312. The van der Waals surface area contributed by atoms with Crippen molar-refractivity contribution in [1.82, 2.24) is 5.48 Å². The van der Waals surface area contributed by atoms with Gasteiger partial charge in [-0.1, -0.05) is 0 Å². The first kappa shape index (κ1) is 23.3. The molecule has 0 bridgehead atoms. The molecule has 1 aliphatic heterocycles. The number of ether oxygens (including phenoxy) is 5. The molecule has 1 rings (SSSR count). The maximum atomic E-state index is 11.6. The average Bonchev–Trinajstić information content (AvgIpc) is 2.53. The van der Waals surface area contributed by atoms with Crippen molar-refractivity contribution in [3.63, 3.8) is 0 Å². The van der Waals surface area contributed by atoms with Gasteiger partial charge >= 0.3 is 23.9 Å². The molecular weight excluding hydrogens is 382 g/mol. The maximum Gasteiger partial charge on any atom is 0.305 e. The summed E-state index contributed by atoms with van der Waals surface area (Å²) in [4.78, 5) is 62.1. The van der Waals surface area contributed by atoms with E-state index >= 15 is 0 Å². The van der Waals surface area contributed by atoms with E-state index in [-0.39, 0.29) is 0 Å². The highest BCUT2D eigenvalue weighted by molar-refractivity contribution is 5.71. The summed E-state index contributed by atoms with van der Waals surface area (Å²) in [7, 11) is 0. The van der Waals surface area contributed by atoms with Crippen molar-refractivity contribution in [2.75, 3.05) is 6.61 Å². The molecule has 0 aromatic carbocycles. The summed E-state index contributed by atoms with van der Waals surface area (Å²) in [6.45, 7) is 5.21. The van der Waals surface area contributed by atoms with Crippen molar-refractivity contribution in [1.29, 1.82) is 0 Å². The Kier molecular flexibility index (Phi) is 8.79. The van der Waals surface area contributed by atoms with Crippen molar-refractivity contribution >= 4 is 29.8 Å². The number of carbonyl (C=O) groups is 5. The lowest BCUT2D eigenvalue weighted by Crippen LogP contribution is -2.63. The molecule has 0 saturated carbocycles. The van der Waals surface area contributed by atoms with E-state index < -0.39 is 67.1 Å². The van der Waals surface area contributed by atoms with Crippen LogP contribution in [0.3, 0.4) is 0 Å². The van der Waals surface area contributed by atoms with Crippen LogP contribution in [0.25, 0.3) is 0 Å². The number of rotatable bonds is 7. The van der Waals surface area contributed by atoms with Gasteiger partial charge in [0, 0.05) is 34.6 Å². The summed E-state index contributed by atoms with van der Waals surface area (Å²) < 4.78 is 25.8. The first-order valence-electron chi connectivity index (χ1n) is 8.24. The van der Waals surface area contributed by atoms with Crippen LogP contribution in [-0.4, -0.2) is 67.1 Å². The molecule has 12 heteroatoms. The second kappa shape index (κ2) is 10.6. The zero-order valence-electron chi connectivity index (χ0n) is 16.1. The van der Waals surface area contributed by atoms with E-state index in [1.807, 2.05) is 5.48 Å². The first-order valence-corrected chi connectivity index (χ1v) is 8.24. The second-order valence-electron chi connectivity index (χ2n) is 5.84. The largest absolute Gasteiger partial charge is 0.463 e. The number of hydrogen-bond donors (Lipinski definition) is 1.